The fourth-order valence-corrected chi connectivity index (χ4v) is 5.66. The van der Waals surface area contributed by atoms with Gasteiger partial charge in [-0.05, 0) is 13.0 Å². The van der Waals surface area contributed by atoms with Crippen LogP contribution in [0.2, 0.25) is 24.2 Å². The Kier molecular flexibility index (Phi) is 7.67. The molecule has 13 heavy (non-hydrogen) atoms. The fourth-order valence-electron chi connectivity index (χ4n) is 2.10. The van der Waals surface area contributed by atoms with Crippen molar-refractivity contribution in [2.45, 2.75) is 64.2 Å². The van der Waals surface area contributed by atoms with E-state index in [0.717, 1.165) is 6.54 Å². The van der Waals surface area contributed by atoms with Crippen molar-refractivity contribution in [2.75, 3.05) is 6.54 Å². The van der Waals surface area contributed by atoms with E-state index in [2.05, 4.69) is 20.8 Å². The predicted molar refractivity (Wildman–Crippen MR) is 64.9 cm³/mol. The third-order valence-corrected chi connectivity index (χ3v) is 9.58. The lowest BCUT2D eigenvalue weighted by atomic mass is 10.2. The molecule has 80 valence electrons. The molecule has 0 amide bonds. The Labute approximate surface area is 85.1 Å². The Morgan fingerprint density at radius 3 is 1.77 bits per heavy atom. The maximum Gasteiger partial charge on any atom is 0.0527 e. The third-order valence-electron chi connectivity index (χ3n) is 3.66. The summed E-state index contributed by atoms with van der Waals surface area (Å²) in [5, 5.41) is 0. The summed E-state index contributed by atoms with van der Waals surface area (Å²) in [6.07, 6.45) is 4.01. The summed E-state index contributed by atoms with van der Waals surface area (Å²) in [6, 6.07) is 5.96. The van der Waals surface area contributed by atoms with Crippen molar-refractivity contribution in [3.63, 3.8) is 0 Å². The Morgan fingerprint density at radius 2 is 1.38 bits per heavy atom. The molecule has 0 bridgehead atoms. The maximum atomic E-state index is 5.49. The Hall–Kier alpha value is 0.177. The van der Waals surface area contributed by atoms with Crippen LogP contribution < -0.4 is 5.73 Å². The average Bonchev–Trinajstić information content (AvgIpc) is 2.20. The van der Waals surface area contributed by atoms with E-state index in [9.17, 15) is 0 Å². The molecule has 0 aliphatic heterocycles. The zero-order valence-corrected chi connectivity index (χ0v) is 10.7. The van der Waals surface area contributed by atoms with Crippen LogP contribution in [0.25, 0.3) is 0 Å². The first-order valence-corrected chi connectivity index (χ1v) is 8.77. The first-order valence-electron chi connectivity index (χ1n) is 5.94. The molecule has 0 aromatic rings. The molecular formula is C11H27NSi. The van der Waals surface area contributed by atoms with Gasteiger partial charge in [-0.2, -0.15) is 0 Å². The van der Waals surface area contributed by atoms with Crippen molar-refractivity contribution >= 4 is 8.07 Å². The zero-order valence-electron chi connectivity index (χ0n) is 9.73. The summed E-state index contributed by atoms with van der Waals surface area (Å²) in [7, 11) is -0.808. The molecule has 0 spiro atoms. The van der Waals surface area contributed by atoms with Crippen LogP contribution in [-0.2, 0) is 0 Å². The lowest BCUT2D eigenvalue weighted by Gasteiger charge is -2.27. The minimum atomic E-state index is -0.808. The first kappa shape index (κ1) is 13.2. The number of rotatable bonds is 8. The minimum absolute atomic E-state index is 0.808. The van der Waals surface area contributed by atoms with Gasteiger partial charge >= 0.3 is 0 Å². The van der Waals surface area contributed by atoms with Crippen LogP contribution in [0.5, 0.6) is 0 Å². The highest BCUT2D eigenvalue weighted by Crippen LogP contribution is 2.27. The summed E-state index contributed by atoms with van der Waals surface area (Å²) in [4.78, 5) is 0. The van der Waals surface area contributed by atoms with Crippen molar-refractivity contribution in [2.24, 2.45) is 5.73 Å². The summed E-state index contributed by atoms with van der Waals surface area (Å²) < 4.78 is 0. The SMILES string of the molecule is CC[Si](CC)(CC)CCCCCN. The molecule has 0 aromatic heterocycles. The quantitative estimate of drug-likeness (QED) is 0.471. The van der Waals surface area contributed by atoms with Crippen LogP contribution in [0.3, 0.4) is 0 Å². The Bertz CT molecular complexity index is 102. The molecular weight excluding hydrogens is 174 g/mol. The normalized spacial score (nSPS) is 12.0. The maximum absolute atomic E-state index is 5.49. The predicted octanol–water partition coefficient (Wildman–Crippen LogP) is 3.62. The van der Waals surface area contributed by atoms with E-state index >= 15 is 0 Å². The van der Waals surface area contributed by atoms with Crippen molar-refractivity contribution in [1.82, 2.24) is 0 Å². The number of hydrogen-bond donors (Lipinski definition) is 1. The molecule has 0 saturated heterocycles. The first-order chi connectivity index (χ1) is 6.24. The van der Waals surface area contributed by atoms with Gasteiger partial charge in [-0.3, -0.25) is 0 Å². The third kappa shape index (κ3) is 4.82. The van der Waals surface area contributed by atoms with Crippen molar-refractivity contribution in [1.29, 1.82) is 0 Å². The molecule has 2 N–H and O–H groups in total. The van der Waals surface area contributed by atoms with E-state index in [0.29, 0.717) is 0 Å². The topological polar surface area (TPSA) is 26.0 Å². The number of nitrogens with two attached hydrogens (primary N) is 1. The highest BCUT2D eigenvalue weighted by atomic mass is 28.3. The molecule has 2 heteroatoms. The van der Waals surface area contributed by atoms with Gasteiger partial charge in [-0.1, -0.05) is 57.8 Å². The van der Waals surface area contributed by atoms with Crippen LogP contribution >= 0.6 is 0 Å². The minimum Gasteiger partial charge on any atom is -0.330 e. The van der Waals surface area contributed by atoms with E-state index in [1.54, 1.807) is 0 Å². The van der Waals surface area contributed by atoms with Crippen LogP contribution in [0.15, 0.2) is 0 Å². The molecule has 0 aliphatic carbocycles. The van der Waals surface area contributed by atoms with Crippen molar-refractivity contribution in [3.8, 4) is 0 Å². The average molecular weight is 201 g/mol. The summed E-state index contributed by atoms with van der Waals surface area (Å²) in [6.45, 7) is 8.05. The standard InChI is InChI=1S/C11H27NSi/c1-4-13(5-2,6-3)11-9-7-8-10-12/h4-12H2,1-3H3. The molecule has 0 rings (SSSR count). The van der Waals surface area contributed by atoms with Gasteiger partial charge in [0.1, 0.15) is 0 Å². The summed E-state index contributed by atoms with van der Waals surface area (Å²) >= 11 is 0. The Balaban J connectivity index is 3.68. The van der Waals surface area contributed by atoms with Crippen LogP contribution in [0.4, 0.5) is 0 Å². The van der Waals surface area contributed by atoms with Crippen LogP contribution in [-0.4, -0.2) is 14.6 Å². The zero-order chi connectivity index (χ0) is 10.2. The molecule has 0 aromatic carbocycles. The van der Waals surface area contributed by atoms with Gasteiger partial charge in [-0.25, -0.2) is 0 Å². The van der Waals surface area contributed by atoms with E-state index in [4.69, 9.17) is 5.73 Å². The van der Waals surface area contributed by atoms with E-state index < -0.39 is 8.07 Å². The number of unbranched alkanes of at least 4 members (excludes halogenated alkanes) is 2. The van der Waals surface area contributed by atoms with Gasteiger partial charge in [-0.15, -0.1) is 0 Å². The van der Waals surface area contributed by atoms with Gasteiger partial charge in [0.15, 0.2) is 0 Å². The molecule has 0 unspecified atom stereocenters. The highest BCUT2D eigenvalue weighted by molar-refractivity contribution is 6.79. The lowest BCUT2D eigenvalue weighted by Crippen LogP contribution is -2.30. The molecule has 0 saturated carbocycles. The molecule has 0 aliphatic rings. The van der Waals surface area contributed by atoms with Crippen LogP contribution in [0.1, 0.15) is 40.0 Å². The second-order valence-corrected chi connectivity index (χ2v) is 9.78. The van der Waals surface area contributed by atoms with Gasteiger partial charge < -0.3 is 5.73 Å². The summed E-state index contributed by atoms with van der Waals surface area (Å²) in [5.74, 6) is 0. The second-order valence-electron chi connectivity index (χ2n) is 4.16. The van der Waals surface area contributed by atoms with Crippen molar-refractivity contribution in [3.05, 3.63) is 0 Å². The highest BCUT2D eigenvalue weighted by Gasteiger charge is 2.25. The molecule has 0 atom stereocenters. The van der Waals surface area contributed by atoms with E-state index in [1.807, 2.05) is 0 Å². The van der Waals surface area contributed by atoms with E-state index in [1.165, 1.54) is 43.4 Å². The van der Waals surface area contributed by atoms with Gasteiger partial charge in [0, 0.05) is 0 Å². The van der Waals surface area contributed by atoms with Crippen LogP contribution in [0, 0.1) is 0 Å². The monoisotopic (exact) mass is 201 g/mol. The van der Waals surface area contributed by atoms with Gasteiger partial charge in [0.2, 0.25) is 0 Å². The van der Waals surface area contributed by atoms with Gasteiger partial charge in [0.25, 0.3) is 0 Å². The largest absolute Gasteiger partial charge is 0.330 e. The molecule has 0 radical (unpaired) electrons. The molecule has 1 nitrogen and oxygen atoms in total. The summed E-state index contributed by atoms with van der Waals surface area (Å²) in [5.41, 5.74) is 5.49. The lowest BCUT2D eigenvalue weighted by molar-refractivity contribution is 0.717. The van der Waals surface area contributed by atoms with E-state index in [-0.39, 0.29) is 0 Å². The Morgan fingerprint density at radius 1 is 0.846 bits per heavy atom. The second kappa shape index (κ2) is 7.57. The number of hydrogen-bond acceptors (Lipinski definition) is 1. The van der Waals surface area contributed by atoms with Crippen molar-refractivity contribution < 1.29 is 0 Å². The van der Waals surface area contributed by atoms with Gasteiger partial charge in [0.05, 0.1) is 8.07 Å². The smallest absolute Gasteiger partial charge is 0.0527 e. The molecule has 0 fully saturated rings. The molecule has 0 heterocycles. The fraction of sp³-hybridized carbons (Fsp3) is 1.00.